The molecule has 3 aromatic rings. The molecule has 1 aliphatic rings. The number of ether oxygens (including phenoxy) is 2. The van der Waals surface area contributed by atoms with Gasteiger partial charge in [0.25, 0.3) is 11.8 Å². The Bertz CT molecular complexity index is 1110. The van der Waals surface area contributed by atoms with Gasteiger partial charge in [-0.15, -0.1) is 11.3 Å². The summed E-state index contributed by atoms with van der Waals surface area (Å²) in [5, 5.41) is 5.09. The van der Waals surface area contributed by atoms with Crippen LogP contribution in [-0.2, 0) is 0 Å². The van der Waals surface area contributed by atoms with E-state index in [0.717, 1.165) is 32.6 Å². The first kappa shape index (κ1) is 23.7. The van der Waals surface area contributed by atoms with Gasteiger partial charge in [0.15, 0.2) is 5.13 Å². The number of aromatic nitrogens is 1. The van der Waals surface area contributed by atoms with Gasteiger partial charge in [-0.25, -0.2) is 4.98 Å². The number of benzene rings is 2. The average Bonchev–Trinajstić information content (AvgIpc) is 3.36. The van der Waals surface area contributed by atoms with Crippen molar-refractivity contribution in [2.45, 2.75) is 13.3 Å². The molecule has 1 aliphatic heterocycles. The summed E-state index contributed by atoms with van der Waals surface area (Å²) in [6.07, 6.45) is 2.47. The highest BCUT2D eigenvalue weighted by Crippen LogP contribution is 2.29. The van der Waals surface area contributed by atoms with Gasteiger partial charge in [0.05, 0.1) is 6.61 Å². The summed E-state index contributed by atoms with van der Waals surface area (Å²) < 4.78 is 11.8. The van der Waals surface area contributed by atoms with Gasteiger partial charge in [-0.2, -0.15) is 0 Å². The normalized spacial score (nSPS) is 14.0. The van der Waals surface area contributed by atoms with E-state index in [1.165, 1.54) is 11.3 Å². The lowest BCUT2D eigenvalue weighted by atomic mass is 10.1. The van der Waals surface area contributed by atoms with Crippen molar-refractivity contribution >= 4 is 28.3 Å². The van der Waals surface area contributed by atoms with Crippen LogP contribution in [0.4, 0.5) is 5.13 Å². The first-order valence-corrected chi connectivity index (χ1v) is 12.1. The van der Waals surface area contributed by atoms with Crippen molar-refractivity contribution in [3.8, 4) is 17.2 Å². The molecule has 1 aromatic heterocycles. The molecule has 2 aromatic carbocycles. The highest BCUT2D eigenvalue weighted by molar-refractivity contribution is 7.13. The first-order chi connectivity index (χ1) is 16.5. The molecular weight excluding hydrogens is 452 g/mol. The third-order valence-corrected chi connectivity index (χ3v) is 6.08. The van der Waals surface area contributed by atoms with Gasteiger partial charge < -0.3 is 19.3 Å². The zero-order valence-corrected chi connectivity index (χ0v) is 20.1. The predicted molar refractivity (Wildman–Crippen MR) is 132 cm³/mol. The maximum atomic E-state index is 12.8. The molecule has 0 unspecified atom stereocenters. The number of hydrogen-bond donors (Lipinski definition) is 1. The van der Waals surface area contributed by atoms with Crippen molar-refractivity contribution in [2.24, 2.45) is 0 Å². The van der Waals surface area contributed by atoms with Crippen LogP contribution >= 0.6 is 11.3 Å². The summed E-state index contributed by atoms with van der Waals surface area (Å²) in [7, 11) is 2.06. The van der Waals surface area contributed by atoms with Crippen molar-refractivity contribution in [3.63, 3.8) is 0 Å². The number of carbonyl (C=O) groups is 2. The average molecular weight is 481 g/mol. The van der Waals surface area contributed by atoms with E-state index in [4.69, 9.17) is 9.47 Å². The topological polar surface area (TPSA) is 84.0 Å². The fourth-order valence-corrected chi connectivity index (χ4v) is 4.04. The van der Waals surface area contributed by atoms with Crippen LogP contribution in [0.25, 0.3) is 0 Å². The standard InChI is InChI=1S/C25H28N4O4S/c1-3-13-32-21-15-19(23(30)27-25-26-8-14-34-25)16-22(17-21)33-20-6-4-18(5-7-20)24(31)29-11-9-28(2)10-12-29/h4-8,14-17H,3,9-13H2,1-2H3,(H,26,27,30). The second-order valence-electron chi connectivity index (χ2n) is 8.05. The van der Waals surface area contributed by atoms with Crippen molar-refractivity contribution < 1.29 is 19.1 Å². The Morgan fingerprint density at radius 1 is 1.00 bits per heavy atom. The van der Waals surface area contributed by atoms with E-state index in [2.05, 4.69) is 22.2 Å². The quantitative estimate of drug-likeness (QED) is 0.516. The first-order valence-electron chi connectivity index (χ1n) is 11.3. The van der Waals surface area contributed by atoms with Gasteiger partial charge in [0.1, 0.15) is 17.2 Å². The van der Waals surface area contributed by atoms with Crippen LogP contribution in [0.15, 0.2) is 54.0 Å². The summed E-state index contributed by atoms with van der Waals surface area (Å²) in [6, 6.07) is 12.1. The summed E-state index contributed by atoms with van der Waals surface area (Å²) in [5.74, 6) is 1.31. The number of nitrogens with zero attached hydrogens (tertiary/aromatic N) is 3. The van der Waals surface area contributed by atoms with Gasteiger partial charge in [-0.3, -0.25) is 14.9 Å². The maximum Gasteiger partial charge on any atom is 0.257 e. The Kier molecular flexibility index (Phi) is 7.76. The largest absolute Gasteiger partial charge is 0.493 e. The van der Waals surface area contributed by atoms with E-state index in [0.29, 0.717) is 40.1 Å². The minimum Gasteiger partial charge on any atom is -0.493 e. The van der Waals surface area contributed by atoms with Crippen LogP contribution in [0.2, 0.25) is 0 Å². The molecule has 8 nitrogen and oxygen atoms in total. The predicted octanol–water partition coefficient (Wildman–Crippen LogP) is 4.36. The number of thiazole rings is 1. The number of carbonyl (C=O) groups excluding carboxylic acids is 2. The lowest BCUT2D eigenvalue weighted by Crippen LogP contribution is -2.47. The molecule has 0 spiro atoms. The van der Waals surface area contributed by atoms with Crippen molar-refractivity contribution in [1.29, 1.82) is 0 Å². The molecule has 4 rings (SSSR count). The third-order valence-electron chi connectivity index (χ3n) is 5.40. The molecule has 1 N–H and O–H groups in total. The summed E-state index contributed by atoms with van der Waals surface area (Å²) >= 11 is 1.35. The fraction of sp³-hybridized carbons (Fsp3) is 0.320. The van der Waals surface area contributed by atoms with E-state index in [-0.39, 0.29) is 11.8 Å². The molecule has 0 aliphatic carbocycles. The van der Waals surface area contributed by atoms with Crippen LogP contribution in [0.5, 0.6) is 17.2 Å². The second kappa shape index (κ2) is 11.1. The number of hydrogen-bond acceptors (Lipinski definition) is 7. The van der Waals surface area contributed by atoms with Crippen molar-refractivity contribution in [2.75, 3.05) is 45.2 Å². The molecule has 1 saturated heterocycles. The van der Waals surface area contributed by atoms with Crippen LogP contribution in [0.1, 0.15) is 34.1 Å². The van der Waals surface area contributed by atoms with Gasteiger partial charge in [0.2, 0.25) is 0 Å². The van der Waals surface area contributed by atoms with Crippen LogP contribution in [0.3, 0.4) is 0 Å². The van der Waals surface area contributed by atoms with Crippen LogP contribution < -0.4 is 14.8 Å². The van der Waals surface area contributed by atoms with E-state index >= 15 is 0 Å². The van der Waals surface area contributed by atoms with Crippen molar-refractivity contribution in [3.05, 3.63) is 65.2 Å². The molecule has 0 saturated carbocycles. The minimum absolute atomic E-state index is 0.0238. The van der Waals surface area contributed by atoms with E-state index in [1.807, 2.05) is 11.8 Å². The monoisotopic (exact) mass is 480 g/mol. The number of anilines is 1. The van der Waals surface area contributed by atoms with Crippen LogP contribution in [0, 0.1) is 0 Å². The Balaban J connectivity index is 1.48. The molecule has 9 heteroatoms. The smallest absolute Gasteiger partial charge is 0.257 e. The Hall–Kier alpha value is -3.43. The van der Waals surface area contributed by atoms with E-state index < -0.39 is 0 Å². The maximum absolute atomic E-state index is 12.8. The Labute approximate surface area is 203 Å². The van der Waals surface area contributed by atoms with Gasteiger partial charge >= 0.3 is 0 Å². The summed E-state index contributed by atoms with van der Waals surface area (Å²) in [4.78, 5) is 33.7. The third kappa shape index (κ3) is 6.12. The van der Waals surface area contributed by atoms with E-state index in [9.17, 15) is 9.59 Å². The SMILES string of the molecule is CCCOc1cc(Oc2ccc(C(=O)N3CCN(C)CC3)cc2)cc(C(=O)Nc2nccs2)c1. The highest BCUT2D eigenvalue weighted by Gasteiger charge is 2.20. The van der Waals surface area contributed by atoms with E-state index in [1.54, 1.807) is 54.0 Å². The molecule has 0 atom stereocenters. The second-order valence-corrected chi connectivity index (χ2v) is 8.95. The number of nitrogens with one attached hydrogen (secondary N) is 1. The molecule has 1 fully saturated rings. The zero-order chi connectivity index (χ0) is 23.9. The van der Waals surface area contributed by atoms with Crippen LogP contribution in [-0.4, -0.2) is 66.4 Å². The lowest BCUT2D eigenvalue weighted by molar-refractivity contribution is 0.0664. The number of likely N-dealkylation sites (N-methyl/N-ethyl adjacent to an activating group) is 1. The lowest BCUT2D eigenvalue weighted by Gasteiger charge is -2.32. The zero-order valence-electron chi connectivity index (χ0n) is 19.3. The Morgan fingerprint density at radius 3 is 2.41 bits per heavy atom. The van der Waals surface area contributed by atoms with Crippen molar-refractivity contribution in [1.82, 2.24) is 14.8 Å². The van der Waals surface area contributed by atoms with Gasteiger partial charge in [-0.05, 0) is 49.9 Å². The minimum atomic E-state index is -0.296. The molecule has 0 bridgehead atoms. The molecule has 0 radical (unpaired) electrons. The molecule has 178 valence electrons. The summed E-state index contributed by atoms with van der Waals surface area (Å²) in [5.41, 5.74) is 1.03. The molecule has 2 heterocycles. The van der Waals surface area contributed by atoms with Gasteiger partial charge in [0, 0.05) is 54.9 Å². The molecule has 34 heavy (non-hydrogen) atoms. The highest BCUT2D eigenvalue weighted by atomic mass is 32.1. The molecule has 2 amide bonds. The summed E-state index contributed by atoms with van der Waals surface area (Å²) in [6.45, 7) is 5.75. The van der Waals surface area contributed by atoms with Gasteiger partial charge in [-0.1, -0.05) is 6.92 Å². The number of amides is 2. The number of piperazine rings is 1. The Morgan fingerprint density at radius 2 is 1.74 bits per heavy atom. The number of rotatable bonds is 8. The molecular formula is C25H28N4O4S. The fourth-order valence-electron chi connectivity index (χ4n) is 3.51.